The number of rotatable bonds is 7. The van der Waals surface area contributed by atoms with Crippen molar-refractivity contribution in [3.05, 3.63) is 12.2 Å². The molecule has 0 saturated carbocycles. The number of alkyl carbamates (subject to hydrolysis) is 1. The Balaban J connectivity index is 0. The number of carboxylic acid groups (broad SMARTS) is 1. The van der Waals surface area contributed by atoms with Gasteiger partial charge in [-0.3, -0.25) is 4.79 Å². The van der Waals surface area contributed by atoms with Crippen LogP contribution in [0.4, 0.5) is 4.79 Å². The summed E-state index contributed by atoms with van der Waals surface area (Å²) in [4.78, 5) is 35.7. The molecule has 7 nitrogen and oxygen atoms in total. The van der Waals surface area contributed by atoms with Crippen LogP contribution in [0.5, 0.6) is 0 Å². The Morgan fingerprint density at radius 1 is 1.19 bits per heavy atom. The fraction of sp³-hybridized carbons (Fsp3) is 0.750. The highest BCUT2D eigenvalue weighted by Gasteiger charge is 2.30. The smallest absolute Gasteiger partial charge is 0.408 e. The molecule has 2 atom stereocenters. The predicted octanol–water partition coefficient (Wildman–Crippen LogP) is 3.69. The predicted molar refractivity (Wildman–Crippen MR) is 108 cm³/mol. The molecule has 2 amide bonds. The molecule has 7 heteroatoms. The van der Waals surface area contributed by atoms with Gasteiger partial charge in [-0.05, 0) is 39.5 Å². The molecule has 0 aliphatic carbocycles. The molecule has 158 valence electrons. The van der Waals surface area contributed by atoms with E-state index >= 15 is 0 Å². The number of likely N-dealkylation sites (N-methyl/N-ethyl adjacent to an activating group) is 1. The minimum absolute atomic E-state index is 0.0552. The van der Waals surface area contributed by atoms with Gasteiger partial charge in [0.05, 0.1) is 0 Å². The number of nitrogens with zero attached hydrogens (tertiary/aromatic N) is 1. The SMILES string of the molecule is C=C(C)C(=O)O.CCC(C)C(NC(=O)OC(C)(C)C)C(=O)N(C)CC(C)C. The molecule has 2 N–H and O–H groups in total. The van der Waals surface area contributed by atoms with Crippen molar-refractivity contribution < 1.29 is 24.2 Å². The van der Waals surface area contributed by atoms with Gasteiger partial charge in [0.25, 0.3) is 0 Å². The van der Waals surface area contributed by atoms with Crippen LogP contribution in [0.2, 0.25) is 0 Å². The van der Waals surface area contributed by atoms with Crippen molar-refractivity contribution in [1.29, 1.82) is 0 Å². The van der Waals surface area contributed by atoms with Gasteiger partial charge in [0.2, 0.25) is 5.91 Å². The molecule has 0 bridgehead atoms. The lowest BCUT2D eigenvalue weighted by Gasteiger charge is -2.30. The molecule has 0 fully saturated rings. The van der Waals surface area contributed by atoms with Crippen LogP contribution in [0, 0.1) is 11.8 Å². The number of hydrogen-bond acceptors (Lipinski definition) is 4. The van der Waals surface area contributed by atoms with Gasteiger partial charge in [-0.25, -0.2) is 9.59 Å². The summed E-state index contributed by atoms with van der Waals surface area (Å²) in [5, 5.41) is 10.6. The first-order valence-corrected chi connectivity index (χ1v) is 9.25. The van der Waals surface area contributed by atoms with Gasteiger partial charge in [0, 0.05) is 19.2 Å². The van der Waals surface area contributed by atoms with Crippen molar-refractivity contribution in [2.24, 2.45) is 11.8 Å². The van der Waals surface area contributed by atoms with Crippen LogP contribution in [-0.4, -0.2) is 53.2 Å². The highest BCUT2D eigenvalue weighted by Crippen LogP contribution is 2.13. The fourth-order valence-corrected chi connectivity index (χ4v) is 1.99. The van der Waals surface area contributed by atoms with E-state index in [0.29, 0.717) is 12.5 Å². The zero-order valence-corrected chi connectivity index (χ0v) is 18.4. The summed E-state index contributed by atoms with van der Waals surface area (Å²) >= 11 is 0. The topological polar surface area (TPSA) is 95.9 Å². The van der Waals surface area contributed by atoms with Gasteiger partial charge in [-0.1, -0.05) is 40.7 Å². The molecule has 0 rings (SSSR count). The summed E-state index contributed by atoms with van der Waals surface area (Å²) in [6.45, 7) is 18.8. The number of amides is 2. The van der Waals surface area contributed by atoms with E-state index in [9.17, 15) is 14.4 Å². The van der Waals surface area contributed by atoms with E-state index in [1.807, 2.05) is 13.8 Å². The highest BCUT2D eigenvalue weighted by atomic mass is 16.6. The molecule has 0 aliphatic rings. The molecule has 0 aliphatic heterocycles. The van der Waals surface area contributed by atoms with Crippen molar-refractivity contribution in [2.45, 2.75) is 73.5 Å². The highest BCUT2D eigenvalue weighted by molar-refractivity contribution is 5.86. The molecule has 0 spiro atoms. The monoisotopic (exact) mass is 386 g/mol. The van der Waals surface area contributed by atoms with Gasteiger partial charge >= 0.3 is 12.1 Å². The summed E-state index contributed by atoms with van der Waals surface area (Å²) in [7, 11) is 1.77. The number of carbonyl (C=O) groups is 3. The van der Waals surface area contributed by atoms with Crippen molar-refractivity contribution in [3.8, 4) is 0 Å². The largest absolute Gasteiger partial charge is 0.478 e. The van der Waals surface area contributed by atoms with Crippen molar-refractivity contribution in [2.75, 3.05) is 13.6 Å². The molecule has 0 aromatic heterocycles. The van der Waals surface area contributed by atoms with E-state index in [4.69, 9.17) is 9.84 Å². The van der Waals surface area contributed by atoms with Gasteiger partial charge in [-0.2, -0.15) is 0 Å². The van der Waals surface area contributed by atoms with Crippen LogP contribution in [0.3, 0.4) is 0 Å². The van der Waals surface area contributed by atoms with Crippen molar-refractivity contribution in [1.82, 2.24) is 10.2 Å². The van der Waals surface area contributed by atoms with Gasteiger partial charge in [-0.15, -0.1) is 0 Å². The molecule has 27 heavy (non-hydrogen) atoms. The molecule has 0 radical (unpaired) electrons. The lowest BCUT2D eigenvalue weighted by atomic mass is 9.97. The average molecular weight is 387 g/mol. The number of aliphatic carboxylic acids is 1. The summed E-state index contributed by atoms with van der Waals surface area (Å²) in [5.74, 6) is -0.559. The number of carbonyl (C=O) groups excluding carboxylic acids is 2. The minimum Gasteiger partial charge on any atom is -0.478 e. The van der Waals surface area contributed by atoms with Crippen LogP contribution in [0.1, 0.15) is 61.8 Å². The molecule has 0 saturated heterocycles. The van der Waals surface area contributed by atoms with E-state index in [0.717, 1.165) is 6.42 Å². The second kappa shape index (κ2) is 12.4. The Hall–Kier alpha value is -2.05. The molecular formula is C20H38N2O5. The van der Waals surface area contributed by atoms with Crippen LogP contribution in [0.15, 0.2) is 12.2 Å². The molecule has 2 unspecified atom stereocenters. The maximum absolute atomic E-state index is 12.5. The Morgan fingerprint density at radius 2 is 1.63 bits per heavy atom. The Morgan fingerprint density at radius 3 is 1.93 bits per heavy atom. The second-order valence-electron chi connectivity index (χ2n) is 8.21. The normalized spacial score (nSPS) is 13.0. The first kappa shape index (κ1) is 27.2. The van der Waals surface area contributed by atoms with E-state index in [-0.39, 0.29) is 17.4 Å². The second-order valence-corrected chi connectivity index (χ2v) is 8.21. The van der Waals surface area contributed by atoms with E-state index in [1.165, 1.54) is 6.92 Å². The zero-order chi connectivity index (χ0) is 21.9. The first-order valence-electron chi connectivity index (χ1n) is 9.25. The summed E-state index contributed by atoms with van der Waals surface area (Å²) in [6, 6.07) is -0.548. The van der Waals surface area contributed by atoms with Crippen LogP contribution in [0.25, 0.3) is 0 Å². The molecular weight excluding hydrogens is 348 g/mol. The average Bonchev–Trinajstić information content (AvgIpc) is 2.49. The van der Waals surface area contributed by atoms with Crippen molar-refractivity contribution >= 4 is 18.0 Å². The number of hydrogen-bond donors (Lipinski definition) is 2. The summed E-state index contributed by atoms with van der Waals surface area (Å²) in [6.07, 6.45) is 0.265. The third kappa shape index (κ3) is 13.8. The third-order valence-electron chi connectivity index (χ3n) is 3.53. The Bertz CT molecular complexity index is 497. The lowest BCUT2D eigenvalue weighted by molar-refractivity contribution is -0.134. The number of nitrogens with one attached hydrogen (secondary N) is 1. The van der Waals surface area contributed by atoms with Gasteiger partial charge in [0.15, 0.2) is 0 Å². The van der Waals surface area contributed by atoms with Crippen molar-refractivity contribution in [3.63, 3.8) is 0 Å². The molecule has 0 heterocycles. The van der Waals surface area contributed by atoms with Crippen LogP contribution in [-0.2, 0) is 14.3 Å². The van der Waals surface area contributed by atoms with Gasteiger partial charge in [0.1, 0.15) is 11.6 Å². The molecule has 0 aromatic carbocycles. The summed E-state index contributed by atoms with van der Waals surface area (Å²) in [5.41, 5.74) is -0.397. The van der Waals surface area contributed by atoms with Crippen LogP contribution < -0.4 is 5.32 Å². The molecule has 0 aromatic rings. The number of carboxylic acids is 1. The first-order chi connectivity index (χ1) is 12.1. The lowest BCUT2D eigenvalue weighted by Crippen LogP contribution is -2.52. The van der Waals surface area contributed by atoms with E-state index < -0.39 is 23.7 Å². The van der Waals surface area contributed by atoms with E-state index in [1.54, 1.807) is 32.7 Å². The number of ether oxygens (including phenoxy) is 1. The maximum Gasteiger partial charge on any atom is 0.408 e. The van der Waals surface area contributed by atoms with Crippen LogP contribution >= 0.6 is 0 Å². The minimum atomic E-state index is -0.935. The van der Waals surface area contributed by atoms with E-state index in [2.05, 4.69) is 25.7 Å². The quantitative estimate of drug-likeness (QED) is 0.651. The Labute approximate surface area is 164 Å². The van der Waals surface area contributed by atoms with Gasteiger partial charge < -0.3 is 20.1 Å². The fourth-order valence-electron chi connectivity index (χ4n) is 1.99. The Kier molecular flexibility index (Phi) is 12.4. The standard InChI is InChI=1S/C16H32N2O3.C4H6O2/c1-9-12(4)13(14(19)18(8)10-11(2)3)17-15(20)21-16(5,6)7;1-3(2)4(5)6/h11-13H,9-10H2,1-8H3,(H,17,20);1H2,2H3,(H,5,6). The zero-order valence-electron chi connectivity index (χ0n) is 18.4. The maximum atomic E-state index is 12.5. The third-order valence-corrected chi connectivity index (χ3v) is 3.53. The summed E-state index contributed by atoms with van der Waals surface area (Å²) < 4.78 is 5.25.